The molecule has 5 heteroatoms. The molecule has 126 valence electrons. The molecule has 1 atom stereocenters. The molecular formula is C18H27N3O2. The number of likely N-dealkylation sites (N-methyl/N-ethyl adjacent to an activating group) is 1. The van der Waals surface area contributed by atoms with Crippen LogP contribution in [-0.4, -0.2) is 54.3 Å². The quantitative estimate of drug-likeness (QED) is 0.868. The molecule has 0 bridgehead atoms. The van der Waals surface area contributed by atoms with Crippen LogP contribution < -0.4 is 5.32 Å². The van der Waals surface area contributed by atoms with E-state index in [1.807, 2.05) is 6.07 Å². The van der Waals surface area contributed by atoms with E-state index >= 15 is 0 Å². The van der Waals surface area contributed by atoms with Crippen molar-refractivity contribution in [2.75, 3.05) is 26.7 Å². The summed E-state index contributed by atoms with van der Waals surface area (Å²) in [5.74, 6) is -0.184. The SMILES string of the molecule is CC(=O)N(C)CC(=O)NC[C@H]1CCCCN1Cc1ccccc1. The Balaban J connectivity index is 1.84. The summed E-state index contributed by atoms with van der Waals surface area (Å²) in [5.41, 5.74) is 1.31. The molecule has 0 radical (unpaired) electrons. The summed E-state index contributed by atoms with van der Waals surface area (Å²) in [4.78, 5) is 27.0. The first-order valence-electron chi connectivity index (χ1n) is 8.32. The maximum atomic E-state index is 11.9. The second kappa shape index (κ2) is 8.67. The lowest BCUT2D eigenvalue weighted by Crippen LogP contribution is -2.48. The highest BCUT2D eigenvalue weighted by Gasteiger charge is 2.23. The van der Waals surface area contributed by atoms with Gasteiger partial charge in [-0.2, -0.15) is 0 Å². The van der Waals surface area contributed by atoms with Gasteiger partial charge in [0.15, 0.2) is 0 Å². The van der Waals surface area contributed by atoms with Crippen molar-refractivity contribution in [3.8, 4) is 0 Å². The molecule has 1 saturated heterocycles. The normalized spacial score (nSPS) is 18.4. The minimum Gasteiger partial charge on any atom is -0.353 e. The van der Waals surface area contributed by atoms with Gasteiger partial charge in [-0.3, -0.25) is 14.5 Å². The molecule has 23 heavy (non-hydrogen) atoms. The third kappa shape index (κ3) is 5.67. The third-order valence-electron chi connectivity index (χ3n) is 4.43. The number of hydrogen-bond donors (Lipinski definition) is 1. The van der Waals surface area contributed by atoms with Crippen molar-refractivity contribution in [3.63, 3.8) is 0 Å². The Morgan fingerprint density at radius 2 is 2.00 bits per heavy atom. The van der Waals surface area contributed by atoms with E-state index in [0.29, 0.717) is 12.6 Å². The van der Waals surface area contributed by atoms with Crippen LogP contribution in [0.1, 0.15) is 31.7 Å². The van der Waals surface area contributed by atoms with Crippen molar-refractivity contribution in [1.29, 1.82) is 0 Å². The van der Waals surface area contributed by atoms with Gasteiger partial charge < -0.3 is 10.2 Å². The molecule has 1 N–H and O–H groups in total. The number of amides is 2. The second-order valence-corrected chi connectivity index (χ2v) is 6.28. The molecule has 0 aliphatic carbocycles. The lowest BCUT2D eigenvalue weighted by atomic mass is 10.0. The van der Waals surface area contributed by atoms with Crippen molar-refractivity contribution in [3.05, 3.63) is 35.9 Å². The Morgan fingerprint density at radius 1 is 1.26 bits per heavy atom. The van der Waals surface area contributed by atoms with Crippen LogP contribution in [0.4, 0.5) is 0 Å². The monoisotopic (exact) mass is 317 g/mol. The average Bonchev–Trinajstić information content (AvgIpc) is 2.55. The molecule has 0 aromatic heterocycles. The zero-order valence-electron chi connectivity index (χ0n) is 14.1. The number of nitrogens with one attached hydrogen (secondary N) is 1. The molecule has 5 nitrogen and oxygen atoms in total. The van der Waals surface area contributed by atoms with Gasteiger partial charge in [0.25, 0.3) is 0 Å². The zero-order chi connectivity index (χ0) is 16.7. The highest BCUT2D eigenvalue weighted by atomic mass is 16.2. The number of nitrogens with zero attached hydrogens (tertiary/aromatic N) is 2. The van der Waals surface area contributed by atoms with Crippen LogP contribution in [0.2, 0.25) is 0 Å². The molecule has 0 saturated carbocycles. The summed E-state index contributed by atoms with van der Waals surface area (Å²) in [6.07, 6.45) is 3.53. The standard InChI is InChI=1S/C18H27N3O2/c1-15(22)20(2)14-18(23)19-12-17-10-6-7-11-21(17)13-16-8-4-3-5-9-16/h3-5,8-9,17H,6-7,10-14H2,1-2H3,(H,19,23)/t17-/m1/s1. The topological polar surface area (TPSA) is 52.7 Å². The van der Waals surface area contributed by atoms with Crippen LogP contribution in [0.3, 0.4) is 0 Å². The maximum Gasteiger partial charge on any atom is 0.239 e. The largest absolute Gasteiger partial charge is 0.353 e. The van der Waals surface area contributed by atoms with E-state index < -0.39 is 0 Å². The first kappa shape index (κ1) is 17.5. The van der Waals surface area contributed by atoms with Gasteiger partial charge in [-0.05, 0) is 24.9 Å². The number of piperidine rings is 1. The number of rotatable bonds is 6. The predicted molar refractivity (Wildman–Crippen MR) is 90.8 cm³/mol. The van der Waals surface area contributed by atoms with Crippen LogP contribution in [0, 0.1) is 0 Å². The summed E-state index contributed by atoms with van der Waals surface area (Å²) in [6, 6.07) is 10.8. The van der Waals surface area contributed by atoms with Gasteiger partial charge in [0, 0.05) is 33.1 Å². The summed E-state index contributed by atoms with van der Waals surface area (Å²) < 4.78 is 0. The molecule has 0 unspecified atom stereocenters. The zero-order valence-corrected chi connectivity index (χ0v) is 14.1. The van der Waals surface area contributed by atoms with Crippen molar-refractivity contribution in [2.45, 2.75) is 38.8 Å². The Morgan fingerprint density at radius 3 is 2.70 bits per heavy atom. The fourth-order valence-corrected chi connectivity index (χ4v) is 2.93. The molecule has 2 rings (SSSR count). The molecule has 1 aliphatic heterocycles. The van der Waals surface area contributed by atoms with Gasteiger partial charge in [0.2, 0.25) is 11.8 Å². The molecule has 1 aromatic rings. The molecule has 1 aliphatic rings. The first-order chi connectivity index (χ1) is 11.1. The van der Waals surface area contributed by atoms with Crippen molar-refractivity contribution in [2.24, 2.45) is 0 Å². The maximum absolute atomic E-state index is 11.9. The summed E-state index contributed by atoms with van der Waals surface area (Å²) in [7, 11) is 1.64. The summed E-state index contributed by atoms with van der Waals surface area (Å²) in [5, 5.41) is 2.98. The van der Waals surface area contributed by atoms with E-state index in [0.717, 1.165) is 19.5 Å². The number of hydrogen-bond acceptors (Lipinski definition) is 3. The van der Waals surface area contributed by atoms with Crippen LogP contribution in [0.15, 0.2) is 30.3 Å². The van der Waals surface area contributed by atoms with E-state index in [9.17, 15) is 9.59 Å². The summed E-state index contributed by atoms with van der Waals surface area (Å²) >= 11 is 0. The lowest BCUT2D eigenvalue weighted by molar-refractivity contribution is -0.133. The van der Waals surface area contributed by atoms with Gasteiger partial charge in [-0.15, -0.1) is 0 Å². The van der Waals surface area contributed by atoms with Gasteiger partial charge >= 0.3 is 0 Å². The van der Waals surface area contributed by atoms with Gasteiger partial charge in [0.05, 0.1) is 6.54 Å². The number of carbonyl (C=O) groups excluding carboxylic acids is 2. The van der Waals surface area contributed by atoms with E-state index in [1.54, 1.807) is 7.05 Å². The van der Waals surface area contributed by atoms with Crippen molar-refractivity contribution >= 4 is 11.8 Å². The first-order valence-corrected chi connectivity index (χ1v) is 8.32. The van der Waals surface area contributed by atoms with E-state index in [4.69, 9.17) is 0 Å². The fraction of sp³-hybridized carbons (Fsp3) is 0.556. The Labute approximate surface area is 138 Å². The Bertz CT molecular complexity index is 518. The molecule has 1 aromatic carbocycles. The Hall–Kier alpha value is -1.88. The molecule has 1 heterocycles. The van der Waals surface area contributed by atoms with Gasteiger partial charge in [-0.25, -0.2) is 0 Å². The predicted octanol–water partition coefficient (Wildman–Crippen LogP) is 1.64. The molecule has 0 spiro atoms. The number of likely N-dealkylation sites (tertiary alicyclic amines) is 1. The average molecular weight is 317 g/mol. The molecule has 1 fully saturated rings. The third-order valence-corrected chi connectivity index (χ3v) is 4.43. The fourth-order valence-electron chi connectivity index (χ4n) is 2.93. The smallest absolute Gasteiger partial charge is 0.239 e. The number of carbonyl (C=O) groups is 2. The molecular weight excluding hydrogens is 290 g/mol. The Kier molecular flexibility index (Phi) is 6.59. The summed E-state index contributed by atoms with van der Waals surface area (Å²) in [6.45, 7) is 4.24. The van der Waals surface area contributed by atoms with Crippen LogP contribution in [0.5, 0.6) is 0 Å². The van der Waals surface area contributed by atoms with E-state index in [1.165, 1.54) is 30.2 Å². The van der Waals surface area contributed by atoms with Crippen LogP contribution in [-0.2, 0) is 16.1 Å². The second-order valence-electron chi connectivity index (χ2n) is 6.28. The minimum atomic E-state index is -0.0940. The van der Waals surface area contributed by atoms with Crippen LogP contribution in [0.25, 0.3) is 0 Å². The van der Waals surface area contributed by atoms with E-state index in [-0.39, 0.29) is 18.4 Å². The van der Waals surface area contributed by atoms with Crippen molar-refractivity contribution < 1.29 is 9.59 Å². The van der Waals surface area contributed by atoms with Crippen LogP contribution >= 0.6 is 0 Å². The highest BCUT2D eigenvalue weighted by molar-refractivity contribution is 5.83. The lowest BCUT2D eigenvalue weighted by Gasteiger charge is -2.36. The van der Waals surface area contributed by atoms with E-state index in [2.05, 4.69) is 34.5 Å². The van der Waals surface area contributed by atoms with Crippen molar-refractivity contribution in [1.82, 2.24) is 15.1 Å². The van der Waals surface area contributed by atoms with Gasteiger partial charge in [-0.1, -0.05) is 36.8 Å². The highest BCUT2D eigenvalue weighted by Crippen LogP contribution is 2.19. The minimum absolute atomic E-state index is 0.0899. The molecule has 2 amide bonds. The number of benzene rings is 1. The van der Waals surface area contributed by atoms with Gasteiger partial charge in [0.1, 0.15) is 0 Å².